The van der Waals surface area contributed by atoms with E-state index in [0.717, 1.165) is 26.2 Å². The van der Waals surface area contributed by atoms with Crippen molar-refractivity contribution in [2.45, 2.75) is 31.7 Å². The van der Waals surface area contributed by atoms with Crippen molar-refractivity contribution in [1.82, 2.24) is 9.80 Å². The Morgan fingerprint density at radius 1 is 1.17 bits per heavy atom. The lowest BCUT2D eigenvalue weighted by Crippen LogP contribution is -2.41. The number of imide groups is 2. The summed E-state index contributed by atoms with van der Waals surface area (Å²) in [5, 5.41) is 2.63. The van der Waals surface area contributed by atoms with E-state index in [4.69, 9.17) is 0 Å². The fourth-order valence-corrected chi connectivity index (χ4v) is 3.60. The van der Waals surface area contributed by atoms with Gasteiger partial charge in [-0.2, -0.15) is 0 Å². The topological polar surface area (TPSA) is 86.8 Å². The molecule has 1 N–H and O–H groups in total. The van der Waals surface area contributed by atoms with E-state index >= 15 is 0 Å². The number of anilines is 1. The molecule has 3 rings (SSSR count). The number of hydrogen-bond acceptors (Lipinski definition) is 4. The first-order chi connectivity index (χ1) is 11.5. The monoisotopic (exact) mass is 441 g/mol. The minimum atomic E-state index is -0.926. The Morgan fingerprint density at radius 2 is 1.88 bits per heavy atom. The second kappa shape index (κ2) is 6.88. The number of benzene rings is 1. The molecule has 126 valence electrons. The number of hydrogen-bond donors (Lipinski definition) is 1. The molecule has 1 aromatic carbocycles. The average molecular weight is 441 g/mol. The third-order valence-electron chi connectivity index (χ3n) is 4.18. The van der Waals surface area contributed by atoms with Crippen molar-refractivity contribution in [2.75, 3.05) is 11.9 Å². The van der Waals surface area contributed by atoms with Crippen molar-refractivity contribution >= 4 is 52.0 Å². The van der Waals surface area contributed by atoms with Crippen LogP contribution in [0.3, 0.4) is 0 Å². The molecule has 1 aromatic rings. The molecular formula is C16H16IN3O4. The molecule has 2 fully saturated rings. The summed E-state index contributed by atoms with van der Waals surface area (Å²) in [4.78, 5) is 50.4. The summed E-state index contributed by atoms with van der Waals surface area (Å²) < 4.78 is 0.946. The maximum Gasteiger partial charge on any atom is 0.334 e. The summed E-state index contributed by atoms with van der Waals surface area (Å²) in [6.45, 7) is -0.460. The van der Waals surface area contributed by atoms with Gasteiger partial charge in [-0.05, 0) is 53.6 Å². The molecule has 0 radical (unpaired) electrons. The van der Waals surface area contributed by atoms with Crippen LogP contribution in [0.15, 0.2) is 24.3 Å². The van der Waals surface area contributed by atoms with Crippen LogP contribution in [0.2, 0.25) is 0 Å². The van der Waals surface area contributed by atoms with Gasteiger partial charge in [0, 0.05) is 15.3 Å². The van der Waals surface area contributed by atoms with E-state index in [-0.39, 0.29) is 6.04 Å². The van der Waals surface area contributed by atoms with E-state index in [1.54, 1.807) is 18.2 Å². The third kappa shape index (κ3) is 3.28. The molecule has 0 aromatic heterocycles. The highest BCUT2D eigenvalue weighted by molar-refractivity contribution is 14.1. The average Bonchev–Trinajstić information content (AvgIpc) is 3.11. The predicted molar refractivity (Wildman–Crippen MR) is 94.0 cm³/mol. The van der Waals surface area contributed by atoms with Crippen LogP contribution in [-0.4, -0.2) is 46.1 Å². The van der Waals surface area contributed by atoms with Gasteiger partial charge in [0.05, 0.1) is 0 Å². The van der Waals surface area contributed by atoms with Crippen molar-refractivity contribution < 1.29 is 19.2 Å². The molecule has 1 heterocycles. The van der Waals surface area contributed by atoms with Crippen LogP contribution in [-0.2, 0) is 14.4 Å². The van der Waals surface area contributed by atoms with Crippen molar-refractivity contribution in [3.8, 4) is 0 Å². The highest BCUT2D eigenvalue weighted by Crippen LogP contribution is 2.27. The van der Waals surface area contributed by atoms with Crippen LogP contribution in [0.25, 0.3) is 0 Å². The van der Waals surface area contributed by atoms with Crippen LogP contribution in [0, 0.1) is 3.57 Å². The molecule has 0 unspecified atom stereocenters. The Balaban J connectivity index is 1.68. The van der Waals surface area contributed by atoms with Crippen LogP contribution in [0.1, 0.15) is 25.7 Å². The summed E-state index contributed by atoms with van der Waals surface area (Å²) in [6, 6.07) is 6.23. The largest absolute Gasteiger partial charge is 0.334 e. The van der Waals surface area contributed by atoms with Gasteiger partial charge in [-0.25, -0.2) is 9.69 Å². The zero-order chi connectivity index (χ0) is 17.3. The van der Waals surface area contributed by atoms with Gasteiger partial charge in [0.2, 0.25) is 5.91 Å². The predicted octanol–water partition coefficient (Wildman–Crippen LogP) is 1.96. The number of nitrogens with zero attached hydrogens (tertiary/aromatic N) is 2. The number of nitrogens with one attached hydrogen (secondary N) is 1. The zero-order valence-corrected chi connectivity index (χ0v) is 15.0. The van der Waals surface area contributed by atoms with E-state index in [1.807, 2.05) is 6.07 Å². The van der Waals surface area contributed by atoms with Gasteiger partial charge in [0.15, 0.2) is 0 Å². The van der Waals surface area contributed by atoms with Crippen molar-refractivity contribution in [3.63, 3.8) is 0 Å². The minimum absolute atomic E-state index is 0.224. The fraction of sp³-hybridized carbons (Fsp3) is 0.375. The Labute approximate surface area is 152 Å². The molecule has 0 atom stereocenters. The first-order valence-corrected chi connectivity index (χ1v) is 8.79. The van der Waals surface area contributed by atoms with Crippen LogP contribution in [0.5, 0.6) is 0 Å². The lowest BCUT2D eigenvalue weighted by molar-refractivity contribution is -0.144. The van der Waals surface area contributed by atoms with Gasteiger partial charge >= 0.3 is 17.8 Å². The number of halogens is 1. The third-order valence-corrected chi connectivity index (χ3v) is 4.85. The molecular weight excluding hydrogens is 425 g/mol. The van der Waals surface area contributed by atoms with Crippen LogP contribution < -0.4 is 5.32 Å². The van der Waals surface area contributed by atoms with E-state index in [9.17, 15) is 19.2 Å². The van der Waals surface area contributed by atoms with E-state index < -0.39 is 30.3 Å². The highest BCUT2D eigenvalue weighted by Gasteiger charge is 2.48. The van der Waals surface area contributed by atoms with Gasteiger partial charge in [-0.1, -0.05) is 18.9 Å². The summed E-state index contributed by atoms with van der Waals surface area (Å²) in [5.41, 5.74) is 0.574. The Morgan fingerprint density at radius 3 is 2.54 bits per heavy atom. The Bertz CT molecular complexity index is 715. The zero-order valence-electron chi connectivity index (χ0n) is 12.8. The number of amides is 5. The number of rotatable bonds is 4. The molecule has 2 aliphatic rings. The SMILES string of the molecule is O=C(CN1C(=O)C(=O)N(C2CCCC2)C1=O)Nc1cccc(I)c1. The maximum absolute atomic E-state index is 12.4. The summed E-state index contributed by atoms with van der Waals surface area (Å²) >= 11 is 2.11. The summed E-state index contributed by atoms with van der Waals surface area (Å²) in [5.74, 6) is -2.27. The van der Waals surface area contributed by atoms with Crippen molar-refractivity contribution in [1.29, 1.82) is 0 Å². The molecule has 1 saturated carbocycles. The normalized spacial score (nSPS) is 18.6. The van der Waals surface area contributed by atoms with Gasteiger partial charge in [-0.3, -0.25) is 19.3 Å². The molecule has 1 aliphatic carbocycles. The molecule has 7 nitrogen and oxygen atoms in total. The molecule has 24 heavy (non-hydrogen) atoms. The van der Waals surface area contributed by atoms with Crippen molar-refractivity contribution in [2.24, 2.45) is 0 Å². The van der Waals surface area contributed by atoms with Gasteiger partial charge in [-0.15, -0.1) is 0 Å². The molecule has 8 heteroatoms. The minimum Gasteiger partial charge on any atom is -0.324 e. The number of carbonyl (C=O) groups is 4. The standard InChI is InChI=1S/C16H16IN3O4/c17-10-4-3-5-11(8-10)18-13(21)9-19-14(22)15(23)20(16(19)24)12-6-1-2-7-12/h3-5,8,12H,1-2,6-7,9H2,(H,18,21). The van der Waals surface area contributed by atoms with Crippen LogP contribution >= 0.6 is 22.6 Å². The van der Waals surface area contributed by atoms with Crippen molar-refractivity contribution in [3.05, 3.63) is 27.8 Å². The lowest BCUT2D eigenvalue weighted by atomic mass is 10.2. The van der Waals surface area contributed by atoms with Crippen LogP contribution in [0.4, 0.5) is 10.5 Å². The van der Waals surface area contributed by atoms with Gasteiger partial charge in [0.25, 0.3) is 0 Å². The van der Waals surface area contributed by atoms with Gasteiger partial charge in [0.1, 0.15) is 6.54 Å². The van der Waals surface area contributed by atoms with E-state index in [1.165, 1.54) is 0 Å². The smallest absolute Gasteiger partial charge is 0.324 e. The Hall–Kier alpha value is -1.97. The number of carbonyl (C=O) groups excluding carboxylic acids is 4. The highest BCUT2D eigenvalue weighted by atomic mass is 127. The molecule has 1 aliphatic heterocycles. The lowest BCUT2D eigenvalue weighted by Gasteiger charge is -2.20. The maximum atomic E-state index is 12.4. The number of urea groups is 1. The first kappa shape index (κ1) is 16.9. The summed E-state index contributed by atoms with van der Waals surface area (Å²) in [7, 11) is 0. The van der Waals surface area contributed by atoms with E-state index in [2.05, 4.69) is 27.9 Å². The second-order valence-electron chi connectivity index (χ2n) is 5.85. The van der Waals surface area contributed by atoms with E-state index in [0.29, 0.717) is 18.5 Å². The molecule has 0 bridgehead atoms. The summed E-state index contributed by atoms with van der Waals surface area (Å²) in [6.07, 6.45) is 3.30. The molecule has 5 amide bonds. The quantitative estimate of drug-likeness (QED) is 0.440. The fourth-order valence-electron chi connectivity index (χ4n) is 3.06. The first-order valence-electron chi connectivity index (χ1n) is 7.72. The molecule has 1 saturated heterocycles. The van der Waals surface area contributed by atoms with Gasteiger partial charge < -0.3 is 5.32 Å². The second-order valence-corrected chi connectivity index (χ2v) is 7.09. The molecule has 0 spiro atoms. The Kier molecular flexibility index (Phi) is 4.83.